The van der Waals surface area contributed by atoms with Crippen LogP contribution in [0, 0.1) is 0 Å². The Bertz CT molecular complexity index is 1460. The van der Waals surface area contributed by atoms with Crippen molar-refractivity contribution in [2.24, 2.45) is 0 Å². The Balaban J connectivity index is 3.36. The van der Waals surface area contributed by atoms with Crippen molar-refractivity contribution in [2.45, 2.75) is 475 Å². The van der Waals surface area contributed by atoms with Crippen LogP contribution in [0.2, 0.25) is 0 Å². The molecule has 0 saturated heterocycles. The molecular weight excluding hydrogens is 1100 g/mol. The quantitative estimate of drug-likeness (QED) is 0.0320. The minimum Gasteiger partial charge on any atom is -0.466 e. The molecule has 3 N–H and O–H groups in total. The van der Waals surface area contributed by atoms with Crippen molar-refractivity contribution in [2.75, 3.05) is 13.2 Å². The lowest BCUT2D eigenvalue weighted by Crippen LogP contribution is -2.45. The summed E-state index contributed by atoms with van der Waals surface area (Å²) in [6.45, 7) is 4.98. The third-order valence-electron chi connectivity index (χ3n) is 19.4. The number of carbonyl (C=O) groups is 2. The highest BCUT2D eigenvalue weighted by molar-refractivity contribution is 5.76. The fourth-order valence-electron chi connectivity index (χ4n) is 13.1. The number of hydrogen-bond acceptors (Lipinski definition) is 5. The standard InChI is InChI=1S/C84H161NO5/c1-3-5-7-9-11-13-15-17-19-21-23-24-34-37-41-44-48-52-56-60-64-68-72-76-82(87)81(80-86)85-83(88)77-73-69-65-61-57-53-49-45-42-38-35-32-30-28-26-25-27-29-31-33-36-39-43-47-51-55-59-63-67-71-75-79-90-84(89)78-74-70-66-62-58-54-50-46-40-22-20-18-16-14-12-10-8-6-4-2/h12,14,18,20,27,29,81-82,86-87H,3-11,13,15-17,19,21-26,28,30-80H2,1-2H3,(H,85,88)/b14-12-,20-18-,29-27-. The summed E-state index contributed by atoms with van der Waals surface area (Å²) in [4.78, 5) is 24.7. The van der Waals surface area contributed by atoms with Crippen molar-refractivity contribution in [3.63, 3.8) is 0 Å². The number of unbranched alkanes of at least 4 members (excludes halogenated alkanes) is 61. The van der Waals surface area contributed by atoms with Gasteiger partial charge in [-0.15, -0.1) is 0 Å². The molecule has 1 amide bonds. The van der Waals surface area contributed by atoms with E-state index in [0.717, 1.165) is 51.4 Å². The van der Waals surface area contributed by atoms with Crippen LogP contribution < -0.4 is 5.32 Å². The average Bonchev–Trinajstić information content (AvgIpc) is 3.59. The lowest BCUT2D eigenvalue weighted by Gasteiger charge is -2.22. The van der Waals surface area contributed by atoms with Gasteiger partial charge in [0.1, 0.15) is 0 Å². The number of carbonyl (C=O) groups excluding carboxylic acids is 2. The third-order valence-corrected chi connectivity index (χ3v) is 19.4. The largest absolute Gasteiger partial charge is 0.466 e. The summed E-state index contributed by atoms with van der Waals surface area (Å²) in [6, 6.07) is -0.542. The summed E-state index contributed by atoms with van der Waals surface area (Å²) in [5, 5.41) is 23.5. The molecule has 0 fully saturated rings. The lowest BCUT2D eigenvalue weighted by atomic mass is 10.0. The Morgan fingerprint density at radius 1 is 0.311 bits per heavy atom. The molecule has 0 aromatic rings. The molecule has 532 valence electrons. The van der Waals surface area contributed by atoms with Gasteiger partial charge in [0.05, 0.1) is 25.4 Å². The Hall–Kier alpha value is -1.92. The predicted molar refractivity (Wildman–Crippen MR) is 398 cm³/mol. The van der Waals surface area contributed by atoms with Crippen LogP contribution in [0.25, 0.3) is 0 Å². The molecule has 0 aromatic carbocycles. The number of aliphatic hydroxyl groups excluding tert-OH is 2. The van der Waals surface area contributed by atoms with Crippen molar-refractivity contribution < 1.29 is 24.5 Å². The van der Waals surface area contributed by atoms with E-state index >= 15 is 0 Å². The number of hydrogen-bond donors (Lipinski definition) is 3. The van der Waals surface area contributed by atoms with Gasteiger partial charge in [0.25, 0.3) is 0 Å². The predicted octanol–water partition coefficient (Wildman–Crippen LogP) is 27.4. The SMILES string of the molecule is CCCCC/C=C\C/C=C\CCCCCCCCCCCC(=O)OCCCCCCCCCCCCCC/C=C\CCCCCCCCCCCCCCCCCC(=O)NC(CO)C(O)CCCCCCCCCCCCCCCCCCCCCCCCC. The molecule has 90 heavy (non-hydrogen) atoms. The zero-order valence-corrected chi connectivity index (χ0v) is 61.1. The summed E-state index contributed by atoms with van der Waals surface area (Å²) >= 11 is 0. The maximum atomic E-state index is 12.6. The van der Waals surface area contributed by atoms with Crippen molar-refractivity contribution in [3.8, 4) is 0 Å². The van der Waals surface area contributed by atoms with E-state index in [2.05, 4.69) is 55.6 Å². The zero-order chi connectivity index (χ0) is 64.9. The lowest BCUT2D eigenvalue weighted by molar-refractivity contribution is -0.143. The molecule has 0 aromatic heterocycles. The summed E-state index contributed by atoms with van der Waals surface area (Å²) in [7, 11) is 0. The fraction of sp³-hybridized carbons (Fsp3) is 0.905. The van der Waals surface area contributed by atoms with Crippen LogP contribution in [0.15, 0.2) is 36.5 Å². The van der Waals surface area contributed by atoms with Crippen LogP contribution in [-0.4, -0.2) is 47.4 Å². The van der Waals surface area contributed by atoms with E-state index in [1.54, 1.807) is 0 Å². The molecule has 0 rings (SSSR count). The molecule has 0 aliphatic carbocycles. The van der Waals surface area contributed by atoms with Crippen molar-refractivity contribution in [1.29, 1.82) is 0 Å². The maximum absolute atomic E-state index is 12.6. The number of aliphatic hydroxyl groups is 2. The van der Waals surface area contributed by atoms with Crippen LogP contribution in [0.4, 0.5) is 0 Å². The Kier molecular flexibility index (Phi) is 77.8. The monoisotopic (exact) mass is 1260 g/mol. The van der Waals surface area contributed by atoms with Crippen LogP contribution in [0.3, 0.4) is 0 Å². The van der Waals surface area contributed by atoms with Gasteiger partial charge >= 0.3 is 5.97 Å². The molecule has 0 spiro atoms. The van der Waals surface area contributed by atoms with E-state index in [1.165, 1.54) is 379 Å². The third kappa shape index (κ3) is 75.1. The van der Waals surface area contributed by atoms with Crippen molar-refractivity contribution in [3.05, 3.63) is 36.5 Å². The van der Waals surface area contributed by atoms with Crippen molar-refractivity contribution in [1.82, 2.24) is 5.32 Å². The number of rotatable bonds is 78. The minimum atomic E-state index is -0.665. The van der Waals surface area contributed by atoms with Gasteiger partial charge in [0, 0.05) is 12.8 Å². The fourth-order valence-corrected chi connectivity index (χ4v) is 13.1. The number of amides is 1. The van der Waals surface area contributed by atoms with E-state index in [-0.39, 0.29) is 18.5 Å². The van der Waals surface area contributed by atoms with Gasteiger partial charge in [-0.3, -0.25) is 9.59 Å². The van der Waals surface area contributed by atoms with Gasteiger partial charge in [-0.25, -0.2) is 0 Å². The number of allylic oxidation sites excluding steroid dienone is 6. The summed E-state index contributed by atoms with van der Waals surface area (Å²) < 4.78 is 5.51. The molecule has 6 heteroatoms. The molecule has 0 heterocycles. The first kappa shape index (κ1) is 88.1. The second kappa shape index (κ2) is 79.5. The van der Waals surface area contributed by atoms with Crippen LogP contribution in [-0.2, 0) is 14.3 Å². The van der Waals surface area contributed by atoms with Crippen LogP contribution in [0.1, 0.15) is 463 Å². The molecule has 0 radical (unpaired) electrons. The Labute approximate surface area is 564 Å². The highest BCUT2D eigenvalue weighted by Gasteiger charge is 2.20. The normalized spacial score (nSPS) is 12.6. The molecule has 6 nitrogen and oxygen atoms in total. The highest BCUT2D eigenvalue weighted by Crippen LogP contribution is 2.20. The van der Waals surface area contributed by atoms with Crippen LogP contribution in [0.5, 0.6) is 0 Å². The van der Waals surface area contributed by atoms with Gasteiger partial charge in [-0.05, 0) is 83.5 Å². The average molecular weight is 1270 g/mol. The number of esters is 1. The number of ether oxygens (including phenoxy) is 1. The summed E-state index contributed by atoms with van der Waals surface area (Å²) in [6.07, 6.45) is 104. The molecule has 0 saturated carbocycles. The van der Waals surface area contributed by atoms with E-state index in [0.29, 0.717) is 25.9 Å². The maximum Gasteiger partial charge on any atom is 0.305 e. The van der Waals surface area contributed by atoms with E-state index in [1.807, 2.05) is 0 Å². The molecule has 2 atom stereocenters. The zero-order valence-electron chi connectivity index (χ0n) is 61.1. The second-order valence-electron chi connectivity index (χ2n) is 28.5. The molecule has 2 unspecified atom stereocenters. The first-order valence-corrected chi connectivity index (χ1v) is 41.2. The van der Waals surface area contributed by atoms with E-state index in [4.69, 9.17) is 4.74 Å². The van der Waals surface area contributed by atoms with Crippen molar-refractivity contribution >= 4 is 11.9 Å². The molecule has 0 aliphatic heterocycles. The summed E-state index contributed by atoms with van der Waals surface area (Å²) in [5.41, 5.74) is 0. The highest BCUT2D eigenvalue weighted by atomic mass is 16.5. The Morgan fingerprint density at radius 2 is 0.556 bits per heavy atom. The van der Waals surface area contributed by atoms with Gasteiger partial charge in [0.15, 0.2) is 0 Å². The van der Waals surface area contributed by atoms with E-state index in [9.17, 15) is 19.8 Å². The van der Waals surface area contributed by atoms with E-state index < -0.39 is 12.1 Å². The van der Waals surface area contributed by atoms with Gasteiger partial charge in [-0.2, -0.15) is 0 Å². The second-order valence-corrected chi connectivity index (χ2v) is 28.5. The van der Waals surface area contributed by atoms with Gasteiger partial charge in [-0.1, -0.05) is 403 Å². The van der Waals surface area contributed by atoms with Crippen LogP contribution >= 0.6 is 0 Å². The molecule has 0 aliphatic rings. The first-order chi connectivity index (χ1) is 44.5. The topological polar surface area (TPSA) is 95.9 Å². The molecule has 0 bridgehead atoms. The smallest absolute Gasteiger partial charge is 0.305 e. The number of nitrogens with one attached hydrogen (secondary N) is 1. The van der Waals surface area contributed by atoms with Gasteiger partial charge < -0.3 is 20.3 Å². The van der Waals surface area contributed by atoms with Gasteiger partial charge in [0.2, 0.25) is 5.91 Å². The minimum absolute atomic E-state index is 0.0149. The molecular formula is C84H161NO5. The Morgan fingerprint density at radius 3 is 0.878 bits per heavy atom. The first-order valence-electron chi connectivity index (χ1n) is 41.2. The summed E-state index contributed by atoms with van der Waals surface area (Å²) in [5.74, 6) is -0.0125.